The Morgan fingerprint density at radius 3 is 2.36 bits per heavy atom. The lowest BCUT2D eigenvalue weighted by Gasteiger charge is -2.44. The molecule has 0 aliphatic carbocycles. The van der Waals surface area contributed by atoms with Crippen molar-refractivity contribution >= 4 is 23.6 Å². The Hall–Kier alpha value is -1.33. The molecule has 1 aromatic rings. The first-order valence-electron chi connectivity index (χ1n) is 9.33. The van der Waals surface area contributed by atoms with Crippen molar-refractivity contribution in [2.75, 3.05) is 19.6 Å². The molecule has 0 spiro atoms. The average Bonchev–Trinajstić information content (AvgIpc) is 2.91. The Kier molecular flexibility index (Phi) is 4.63. The first-order chi connectivity index (χ1) is 12.0. The number of carbonyl (C=O) groups excluding carboxylic acids is 2. The fourth-order valence-corrected chi connectivity index (χ4v) is 6.07. The van der Waals surface area contributed by atoms with Crippen LogP contribution in [0.4, 0.5) is 0 Å². The zero-order valence-electron chi connectivity index (χ0n) is 15.1. The van der Waals surface area contributed by atoms with E-state index in [4.69, 9.17) is 0 Å². The van der Waals surface area contributed by atoms with Gasteiger partial charge in [-0.25, -0.2) is 0 Å². The molecular weight excluding hydrogens is 332 g/mol. The molecule has 4 fully saturated rings. The van der Waals surface area contributed by atoms with E-state index >= 15 is 0 Å². The highest BCUT2D eigenvalue weighted by atomic mass is 32.2. The summed E-state index contributed by atoms with van der Waals surface area (Å²) in [6.07, 6.45) is 3.35. The highest BCUT2D eigenvalue weighted by molar-refractivity contribution is 8.00. The monoisotopic (exact) mass is 358 g/mol. The highest BCUT2D eigenvalue weighted by Gasteiger charge is 2.36. The second-order valence-electron chi connectivity index (χ2n) is 7.74. The van der Waals surface area contributed by atoms with Crippen molar-refractivity contribution in [3.63, 3.8) is 0 Å². The Balaban J connectivity index is 1.60. The Bertz CT molecular complexity index is 694. The van der Waals surface area contributed by atoms with Crippen LogP contribution >= 0.6 is 11.8 Å². The summed E-state index contributed by atoms with van der Waals surface area (Å²) in [7, 11) is 0. The number of carbonyl (C=O) groups is 2. The summed E-state index contributed by atoms with van der Waals surface area (Å²) in [6, 6.07) is 4.39. The topological polar surface area (TPSA) is 40.6 Å². The summed E-state index contributed by atoms with van der Waals surface area (Å²) in [5.74, 6) is 0.754. The minimum absolute atomic E-state index is 0.0251. The first-order valence-corrected chi connectivity index (χ1v) is 10.2. The number of nitrogens with zero attached hydrogens (tertiary/aromatic N) is 2. The van der Waals surface area contributed by atoms with Crippen LogP contribution in [0.3, 0.4) is 0 Å². The molecule has 0 radical (unpaired) electrons. The molecule has 4 saturated heterocycles. The number of fused-ring (bicyclic) bond motifs is 3. The third kappa shape index (κ3) is 3.36. The first kappa shape index (κ1) is 17.1. The maximum atomic E-state index is 12.1. The molecule has 134 valence electrons. The van der Waals surface area contributed by atoms with Crippen molar-refractivity contribution in [1.82, 2.24) is 9.80 Å². The molecule has 1 aromatic carbocycles. The van der Waals surface area contributed by atoms with Crippen molar-refractivity contribution in [2.45, 2.75) is 56.2 Å². The number of hydrogen-bond acceptors (Lipinski definition) is 4. The SMILES string of the molecule is Cc1cc(C)c(SC2CN3CCC2CC3)c(CN2C(=O)CCC2=O)c1. The van der Waals surface area contributed by atoms with Crippen molar-refractivity contribution < 1.29 is 9.59 Å². The number of amides is 2. The van der Waals surface area contributed by atoms with Gasteiger partial charge in [-0.1, -0.05) is 17.7 Å². The van der Waals surface area contributed by atoms with E-state index < -0.39 is 0 Å². The van der Waals surface area contributed by atoms with Crippen LogP contribution in [0.2, 0.25) is 0 Å². The van der Waals surface area contributed by atoms with E-state index in [-0.39, 0.29) is 11.8 Å². The highest BCUT2D eigenvalue weighted by Crippen LogP contribution is 2.41. The van der Waals surface area contributed by atoms with Crippen molar-refractivity contribution in [3.05, 3.63) is 28.8 Å². The van der Waals surface area contributed by atoms with Crippen LogP contribution in [0.15, 0.2) is 17.0 Å². The Morgan fingerprint density at radius 2 is 1.76 bits per heavy atom. The van der Waals surface area contributed by atoms with Gasteiger partial charge in [0.25, 0.3) is 0 Å². The molecular formula is C20H26N2O2S. The smallest absolute Gasteiger partial charge is 0.229 e. The number of rotatable bonds is 4. The van der Waals surface area contributed by atoms with Gasteiger partial charge in [-0.2, -0.15) is 0 Å². The standard InChI is InChI=1S/C20H26N2O2S/c1-13-9-14(2)20(25-17-12-21-7-5-15(17)6-8-21)16(10-13)11-22-18(23)3-4-19(22)24/h9-10,15,17H,3-8,11-12H2,1-2H3. The summed E-state index contributed by atoms with van der Waals surface area (Å²) in [5, 5.41) is 0.632. The van der Waals surface area contributed by atoms with Gasteiger partial charge in [-0.15, -0.1) is 11.8 Å². The summed E-state index contributed by atoms with van der Waals surface area (Å²) in [6.45, 7) is 8.35. The van der Waals surface area contributed by atoms with Crippen LogP contribution in [0.25, 0.3) is 0 Å². The van der Waals surface area contributed by atoms with Gasteiger partial charge in [0.15, 0.2) is 0 Å². The normalized spacial score (nSPS) is 28.9. The number of aryl methyl sites for hydroxylation is 2. The van der Waals surface area contributed by atoms with E-state index in [9.17, 15) is 9.59 Å². The molecule has 25 heavy (non-hydrogen) atoms. The summed E-state index contributed by atoms with van der Waals surface area (Å²) in [4.78, 5) is 29.4. The number of hydrogen-bond donors (Lipinski definition) is 0. The van der Waals surface area contributed by atoms with E-state index in [1.807, 2.05) is 11.8 Å². The second-order valence-corrected chi connectivity index (χ2v) is 8.99. The third-order valence-electron chi connectivity index (χ3n) is 5.84. The summed E-state index contributed by atoms with van der Waals surface area (Å²) >= 11 is 1.98. The van der Waals surface area contributed by atoms with Gasteiger partial charge in [-0.05, 0) is 56.8 Å². The van der Waals surface area contributed by atoms with Gasteiger partial charge in [0.05, 0.1) is 6.54 Å². The molecule has 0 aromatic heterocycles. The van der Waals surface area contributed by atoms with Crippen LogP contribution in [0.1, 0.15) is 42.4 Å². The molecule has 5 heteroatoms. The van der Waals surface area contributed by atoms with Gasteiger partial charge >= 0.3 is 0 Å². The molecule has 2 amide bonds. The van der Waals surface area contributed by atoms with Crippen LogP contribution < -0.4 is 0 Å². The van der Waals surface area contributed by atoms with Crippen molar-refractivity contribution in [2.24, 2.45) is 5.92 Å². The summed E-state index contributed by atoms with van der Waals surface area (Å²) in [5.41, 5.74) is 3.61. The average molecular weight is 359 g/mol. The zero-order valence-corrected chi connectivity index (χ0v) is 15.9. The van der Waals surface area contributed by atoms with Crippen molar-refractivity contribution in [1.29, 1.82) is 0 Å². The summed E-state index contributed by atoms with van der Waals surface area (Å²) < 4.78 is 0. The second kappa shape index (κ2) is 6.76. The van der Waals surface area contributed by atoms with Gasteiger partial charge in [0.2, 0.25) is 11.8 Å². The van der Waals surface area contributed by atoms with Crippen molar-refractivity contribution in [3.8, 4) is 0 Å². The predicted molar refractivity (Wildman–Crippen MR) is 99.5 cm³/mol. The molecule has 1 unspecified atom stereocenters. The number of thioether (sulfide) groups is 1. The molecule has 4 aliphatic rings. The minimum atomic E-state index is -0.0251. The fraction of sp³-hybridized carbons (Fsp3) is 0.600. The number of imide groups is 1. The van der Waals surface area contributed by atoms with Gasteiger partial charge in [0, 0.05) is 29.5 Å². The lowest BCUT2D eigenvalue weighted by Crippen LogP contribution is -2.49. The lowest BCUT2D eigenvalue weighted by molar-refractivity contribution is -0.139. The third-order valence-corrected chi connectivity index (χ3v) is 7.50. The van der Waals surface area contributed by atoms with Crippen LogP contribution in [-0.2, 0) is 16.1 Å². The molecule has 0 saturated carbocycles. The Morgan fingerprint density at radius 1 is 1.08 bits per heavy atom. The van der Waals surface area contributed by atoms with Crippen LogP contribution in [0, 0.1) is 19.8 Å². The van der Waals surface area contributed by atoms with E-state index in [0.29, 0.717) is 24.6 Å². The number of benzene rings is 1. The van der Waals surface area contributed by atoms with Gasteiger partial charge in [-0.3, -0.25) is 14.5 Å². The molecule has 4 aliphatic heterocycles. The van der Waals surface area contributed by atoms with Crippen LogP contribution in [0.5, 0.6) is 0 Å². The molecule has 1 atom stereocenters. The minimum Gasteiger partial charge on any atom is -0.302 e. The van der Waals surface area contributed by atoms with E-state index in [2.05, 4.69) is 30.9 Å². The maximum absolute atomic E-state index is 12.1. The van der Waals surface area contributed by atoms with E-state index in [0.717, 1.165) is 11.5 Å². The lowest BCUT2D eigenvalue weighted by atomic mass is 9.88. The number of likely N-dealkylation sites (tertiary alicyclic amines) is 1. The quantitative estimate of drug-likeness (QED) is 0.776. The van der Waals surface area contributed by atoms with E-state index in [1.165, 1.54) is 53.4 Å². The molecule has 4 nitrogen and oxygen atoms in total. The predicted octanol–water partition coefficient (Wildman–Crippen LogP) is 3.14. The van der Waals surface area contributed by atoms with Gasteiger partial charge < -0.3 is 4.90 Å². The molecule has 2 bridgehead atoms. The van der Waals surface area contributed by atoms with Crippen LogP contribution in [-0.4, -0.2) is 46.5 Å². The zero-order chi connectivity index (χ0) is 17.6. The van der Waals surface area contributed by atoms with E-state index in [1.54, 1.807) is 0 Å². The molecule has 5 rings (SSSR count). The number of piperidine rings is 3. The maximum Gasteiger partial charge on any atom is 0.229 e. The largest absolute Gasteiger partial charge is 0.302 e. The Labute approximate surface area is 153 Å². The molecule has 0 N–H and O–H groups in total. The molecule has 4 heterocycles. The van der Waals surface area contributed by atoms with Gasteiger partial charge in [0.1, 0.15) is 0 Å². The fourth-order valence-electron chi connectivity index (χ4n) is 4.49.